The molecule has 0 saturated heterocycles. The monoisotopic (exact) mass is 587 g/mol. The largest absolute Gasteiger partial charge is 0.455 e. The van der Waals surface area contributed by atoms with Gasteiger partial charge in [-0.05, 0) is 66.5 Å². The Morgan fingerprint density at radius 1 is 0.378 bits per heavy atom. The number of benzene rings is 8. The maximum absolute atomic E-state index is 9.54. The van der Waals surface area contributed by atoms with E-state index in [1.165, 1.54) is 0 Å². The molecule has 9 rings (SSSR count). The second-order valence-electron chi connectivity index (χ2n) is 10.5. The number of rotatable bonds is 4. The third kappa shape index (κ3) is 4.09. The highest BCUT2D eigenvalue weighted by Crippen LogP contribution is 2.45. The Morgan fingerprint density at radius 3 is 1.58 bits per heavy atom. The minimum absolute atomic E-state index is 0.0271. The van der Waals surface area contributed by atoms with Gasteiger partial charge in [0.1, 0.15) is 11.2 Å². The molecule has 0 aliphatic carbocycles. The van der Waals surface area contributed by atoms with Gasteiger partial charge >= 0.3 is 0 Å². The van der Waals surface area contributed by atoms with Crippen molar-refractivity contribution in [2.24, 2.45) is 0 Å². The standard InChI is InChI=1S/C44H28O/c1-3-13-29(14-4-1)34-22-11-23-39-43-33(21-12-24-40(43)45-44(34)39)30-25-27-32(28-26-30)42-37-19-9-7-17-35(37)41(31-15-5-2-6-16-31)36-18-8-10-20-38(36)42/h1-28H/i1D,3D,4D,11D,12D,13D,14D,21D,22D,23D,24D,25D,26D,27D,28D. The highest BCUT2D eigenvalue weighted by atomic mass is 16.3. The molecule has 0 aliphatic rings. The van der Waals surface area contributed by atoms with Gasteiger partial charge in [-0.25, -0.2) is 0 Å². The van der Waals surface area contributed by atoms with Crippen LogP contribution in [0.25, 0.3) is 88.0 Å². The lowest BCUT2D eigenvalue weighted by Crippen LogP contribution is -1.90. The summed E-state index contributed by atoms with van der Waals surface area (Å²) in [4.78, 5) is 0. The zero-order chi connectivity index (χ0) is 42.8. The second-order valence-corrected chi connectivity index (χ2v) is 10.5. The fraction of sp³-hybridized carbons (Fsp3) is 0. The lowest BCUT2D eigenvalue weighted by atomic mass is 9.85. The first-order chi connectivity index (χ1) is 28.6. The average Bonchev–Trinajstić information content (AvgIpc) is 3.65. The molecule has 1 heteroatoms. The molecule has 9 aromatic rings. The molecule has 0 atom stereocenters. The SMILES string of the molecule is [2H]c1c([2H])c([2H])c(-c2c([2H])c([2H])c([2H])c3c2oc2c([2H])c([2H])c([2H])c(-c4c([2H])c([2H])c(-c5c6ccccc6c(-c6ccccc6)c6ccccc56)c([2H])c4[2H])c23)c([2H])c1[2H]. The van der Waals surface area contributed by atoms with Crippen LogP contribution in [0.5, 0.6) is 0 Å². The quantitative estimate of drug-likeness (QED) is 0.187. The van der Waals surface area contributed by atoms with Gasteiger partial charge in [0, 0.05) is 16.3 Å². The van der Waals surface area contributed by atoms with Gasteiger partial charge in [-0.1, -0.05) is 163 Å². The van der Waals surface area contributed by atoms with E-state index in [2.05, 4.69) is 0 Å². The summed E-state index contributed by atoms with van der Waals surface area (Å²) in [6.07, 6.45) is 0. The number of hydrogen-bond donors (Lipinski definition) is 0. The van der Waals surface area contributed by atoms with Gasteiger partial charge in [0.05, 0.1) is 20.6 Å². The van der Waals surface area contributed by atoms with E-state index in [-0.39, 0.29) is 16.3 Å². The molecule has 0 saturated carbocycles. The molecule has 0 N–H and O–H groups in total. The molecule has 0 spiro atoms. The van der Waals surface area contributed by atoms with Crippen molar-refractivity contribution >= 4 is 43.5 Å². The van der Waals surface area contributed by atoms with E-state index in [9.17, 15) is 5.48 Å². The van der Waals surface area contributed by atoms with Crippen molar-refractivity contribution in [2.45, 2.75) is 0 Å². The van der Waals surface area contributed by atoms with Crippen LogP contribution in [0.1, 0.15) is 20.6 Å². The normalized spacial score (nSPS) is 16.2. The van der Waals surface area contributed by atoms with Crippen molar-refractivity contribution in [2.75, 3.05) is 0 Å². The van der Waals surface area contributed by atoms with E-state index in [0.717, 1.165) is 21.9 Å². The third-order valence-corrected chi connectivity index (χ3v) is 7.99. The zero-order valence-electron chi connectivity index (χ0n) is 38.4. The van der Waals surface area contributed by atoms with Crippen LogP contribution in [0, 0.1) is 0 Å². The minimum Gasteiger partial charge on any atom is -0.455 e. The van der Waals surface area contributed by atoms with Crippen molar-refractivity contribution in [1.82, 2.24) is 0 Å². The molecule has 1 aromatic heterocycles. The smallest absolute Gasteiger partial charge is 0.143 e. The van der Waals surface area contributed by atoms with Crippen LogP contribution < -0.4 is 0 Å². The molecule has 210 valence electrons. The average molecular weight is 588 g/mol. The summed E-state index contributed by atoms with van der Waals surface area (Å²) in [6, 6.07) is 14.7. The van der Waals surface area contributed by atoms with Crippen molar-refractivity contribution in [3.05, 3.63) is 169 Å². The summed E-state index contributed by atoms with van der Waals surface area (Å²) in [7, 11) is 0. The predicted molar refractivity (Wildman–Crippen MR) is 190 cm³/mol. The van der Waals surface area contributed by atoms with E-state index < -0.39 is 124 Å². The molecule has 1 heterocycles. The molecule has 0 unspecified atom stereocenters. The van der Waals surface area contributed by atoms with Crippen molar-refractivity contribution in [3.8, 4) is 44.5 Å². The summed E-state index contributed by atoms with van der Waals surface area (Å²) >= 11 is 0. The number of hydrogen-bond acceptors (Lipinski definition) is 1. The van der Waals surface area contributed by atoms with Crippen LogP contribution in [0.4, 0.5) is 0 Å². The van der Waals surface area contributed by atoms with E-state index in [4.69, 9.17) is 19.5 Å². The van der Waals surface area contributed by atoms with Gasteiger partial charge in [0.2, 0.25) is 0 Å². The molecule has 0 radical (unpaired) electrons. The molecular weight excluding hydrogens is 544 g/mol. The molecule has 1 nitrogen and oxygen atoms in total. The first kappa shape index (κ1) is 14.7. The lowest BCUT2D eigenvalue weighted by Gasteiger charge is -2.18. The molecule has 0 aliphatic heterocycles. The van der Waals surface area contributed by atoms with E-state index in [1.807, 2.05) is 78.9 Å². The van der Waals surface area contributed by atoms with Gasteiger partial charge in [-0.2, -0.15) is 0 Å². The molecule has 8 aromatic carbocycles. The van der Waals surface area contributed by atoms with Gasteiger partial charge in [0.25, 0.3) is 0 Å². The number of para-hydroxylation sites is 1. The molecule has 0 bridgehead atoms. The predicted octanol–water partition coefficient (Wildman–Crippen LogP) is 12.6. The van der Waals surface area contributed by atoms with Crippen LogP contribution in [-0.4, -0.2) is 0 Å². The second kappa shape index (κ2) is 10.4. The Morgan fingerprint density at radius 2 is 0.911 bits per heavy atom. The Hall–Kier alpha value is -5.92. The Bertz CT molecular complexity index is 3260. The number of furan rings is 1. The fourth-order valence-electron chi connectivity index (χ4n) is 6.09. The van der Waals surface area contributed by atoms with Crippen LogP contribution in [0.15, 0.2) is 174 Å². The van der Waals surface area contributed by atoms with E-state index in [0.29, 0.717) is 16.3 Å². The fourth-order valence-corrected chi connectivity index (χ4v) is 6.09. The van der Waals surface area contributed by atoms with E-state index >= 15 is 0 Å². The third-order valence-electron chi connectivity index (χ3n) is 7.99. The Labute approximate surface area is 282 Å². The Balaban J connectivity index is 1.42. The maximum Gasteiger partial charge on any atom is 0.143 e. The highest BCUT2D eigenvalue weighted by Gasteiger charge is 2.18. The van der Waals surface area contributed by atoms with Crippen LogP contribution in [0.3, 0.4) is 0 Å². The van der Waals surface area contributed by atoms with Crippen molar-refractivity contribution in [1.29, 1.82) is 0 Å². The first-order valence-corrected chi connectivity index (χ1v) is 14.2. The number of fused-ring (bicyclic) bond motifs is 5. The van der Waals surface area contributed by atoms with Crippen LogP contribution in [0.2, 0.25) is 0 Å². The lowest BCUT2D eigenvalue weighted by molar-refractivity contribution is 0.670. The minimum atomic E-state index is -0.751. The van der Waals surface area contributed by atoms with Crippen molar-refractivity contribution in [3.63, 3.8) is 0 Å². The molecule has 0 fully saturated rings. The van der Waals surface area contributed by atoms with E-state index in [1.54, 1.807) is 0 Å². The first-order valence-electron chi connectivity index (χ1n) is 21.7. The van der Waals surface area contributed by atoms with Gasteiger partial charge in [0.15, 0.2) is 0 Å². The van der Waals surface area contributed by atoms with Gasteiger partial charge < -0.3 is 4.42 Å². The molecule has 45 heavy (non-hydrogen) atoms. The zero-order valence-corrected chi connectivity index (χ0v) is 23.4. The summed E-state index contributed by atoms with van der Waals surface area (Å²) in [6.45, 7) is 0. The molecule has 0 amide bonds. The summed E-state index contributed by atoms with van der Waals surface area (Å²) in [5.74, 6) is 0. The maximum atomic E-state index is 9.54. The van der Waals surface area contributed by atoms with Gasteiger partial charge in [-0.15, -0.1) is 0 Å². The van der Waals surface area contributed by atoms with Gasteiger partial charge in [-0.3, -0.25) is 0 Å². The molecular formula is C44H28O. The highest BCUT2D eigenvalue weighted by molar-refractivity contribution is 6.21. The van der Waals surface area contributed by atoms with Crippen LogP contribution >= 0.6 is 0 Å². The van der Waals surface area contributed by atoms with Crippen LogP contribution in [-0.2, 0) is 0 Å². The summed E-state index contributed by atoms with van der Waals surface area (Å²) in [5, 5.41) is 2.31. The van der Waals surface area contributed by atoms with Crippen molar-refractivity contribution < 1.29 is 25.0 Å². The summed E-state index contributed by atoms with van der Waals surface area (Å²) < 4.78 is 140. The topological polar surface area (TPSA) is 13.1 Å². The Kier molecular flexibility index (Phi) is 3.39. The summed E-state index contributed by atoms with van der Waals surface area (Å²) in [5.41, 5.74) is -0.457.